The second-order valence-corrected chi connectivity index (χ2v) is 7.84. The van der Waals surface area contributed by atoms with Gasteiger partial charge in [-0.2, -0.15) is 5.10 Å². The first-order chi connectivity index (χ1) is 15.6. The summed E-state index contributed by atoms with van der Waals surface area (Å²) in [6.45, 7) is 7.71. The summed E-state index contributed by atoms with van der Waals surface area (Å²) >= 11 is 0. The number of fused-ring (bicyclic) bond motifs is 1. The molecule has 1 aromatic carbocycles. The van der Waals surface area contributed by atoms with Crippen LogP contribution in [0.5, 0.6) is 5.75 Å². The number of nitrogens with zero attached hydrogens (tertiary/aromatic N) is 4. The number of para-hydroxylation sites is 1. The number of pyridine rings is 1. The fourth-order valence-corrected chi connectivity index (χ4v) is 3.92. The number of hydrogen-bond acceptors (Lipinski definition) is 4. The molecule has 0 saturated carbocycles. The van der Waals surface area contributed by atoms with Crippen LogP contribution in [-0.4, -0.2) is 31.8 Å². The lowest BCUT2D eigenvalue weighted by atomic mass is 10.1. The van der Waals surface area contributed by atoms with E-state index < -0.39 is 0 Å². The molecule has 0 aliphatic rings. The molecule has 0 unspecified atom stereocenters. The van der Waals surface area contributed by atoms with Crippen molar-refractivity contribution in [3.8, 4) is 11.6 Å². The number of amides is 1. The Hall–Kier alpha value is -3.61. The maximum Gasteiger partial charge on any atom is 0.220 e. The third-order valence-corrected chi connectivity index (χ3v) is 5.38. The van der Waals surface area contributed by atoms with Crippen molar-refractivity contribution < 1.29 is 9.53 Å². The summed E-state index contributed by atoms with van der Waals surface area (Å²) in [6, 6.07) is 13.8. The molecule has 0 aliphatic carbocycles. The molecule has 0 aliphatic heterocycles. The smallest absolute Gasteiger partial charge is 0.220 e. The number of ether oxygens (including phenoxy) is 1. The molecule has 4 rings (SSSR count). The lowest BCUT2D eigenvalue weighted by molar-refractivity contribution is -0.121. The van der Waals surface area contributed by atoms with Gasteiger partial charge in [0.25, 0.3) is 0 Å². The maximum atomic E-state index is 12.4. The van der Waals surface area contributed by atoms with E-state index in [1.807, 2.05) is 71.9 Å². The molecule has 7 nitrogen and oxygen atoms in total. The van der Waals surface area contributed by atoms with Crippen molar-refractivity contribution in [2.75, 3.05) is 6.61 Å². The third kappa shape index (κ3) is 4.66. The number of aromatic nitrogens is 4. The third-order valence-electron chi connectivity index (χ3n) is 5.38. The van der Waals surface area contributed by atoms with E-state index in [9.17, 15) is 4.79 Å². The van der Waals surface area contributed by atoms with E-state index in [1.165, 1.54) is 0 Å². The predicted molar refractivity (Wildman–Crippen MR) is 125 cm³/mol. The highest BCUT2D eigenvalue weighted by Gasteiger charge is 2.16. The first-order valence-electron chi connectivity index (χ1n) is 11.0. The van der Waals surface area contributed by atoms with Crippen molar-refractivity contribution in [1.82, 2.24) is 24.6 Å². The number of carbonyl (C=O) groups excluding carboxylic acids is 1. The second-order valence-electron chi connectivity index (χ2n) is 7.84. The number of carbonyl (C=O) groups is 1. The Bertz CT molecular complexity index is 1210. The van der Waals surface area contributed by atoms with Crippen LogP contribution in [-0.2, 0) is 17.9 Å². The van der Waals surface area contributed by atoms with Gasteiger partial charge in [0.05, 0.1) is 12.0 Å². The SMILES string of the molecule is CCOc1ccccc1CNC(=O)CCCn1nc(-n2cccc2)c2c(C)cc(C)nc21. The first kappa shape index (κ1) is 21.6. The molecule has 0 fully saturated rings. The normalized spacial score (nSPS) is 11.1. The van der Waals surface area contributed by atoms with Crippen molar-refractivity contribution in [2.45, 2.75) is 46.7 Å². The minimum atomic E-state index is 0.0127. The Morgan fingerprint density at radius 3 is 2.69 bits per heavy atom. The molecule has 1 N–H and O–H groups in total. The molecular formula is C25H29N5O2. The zero-order chi connectivity index (χ0) is 22.5. The molecule has 3 heterocycles. The molecule has 0 spiro atoms. The van der Waals surface area contributed by atoms with Gasteiger partial charge in [-0.15, -0.1) is 0 Å². The van der Waals surface area contributed by atoms with Crippen LogP contribution < -0.4 is 10.1 Å². The molecule has 0 bridgehead atoms. The number of rotatable bonds is 9. The molecule has 0 atom stereocenters. The van der Waals surface area contributed by atoms with E-state index in [0.717, 1.165) is 39.4 Å². The van der Waals surface area contributed by atoms with Gasteiger partial charge in [-0.05, 0) is 57.0 Å². The highest BCUT2D eigenvalue weighted by atomic mass is 16.5. The van der Waals surface area contributed by atoms with Crippen LogP contribution in [0.25, 0.3) is 16.9 Å². The molecule has 0 radical (unpaired) electrons. The van der Waals surface area contributed by atoms with Crippen molar-refractivity contribution in [2.24, 2.45) is 0 Å². The van der Waals surface area contributed by atoms with Crippen LogP contribution in [0.2, 0.25) is 0 Å². The molecule has 1 amide bonds. The Morgan fingerprint density at radius 1 is 1.12 bits per heavy atom. The average molecular weight is 432 g/mol. The Morgan fingerprint density at radius 2 is 1.91 bits per heavy atom. The minimum absolute atomic E-state index is 0.0127. The average Bonchev–Trinajstić information content (AvgIpc) is 3.42. The van der Waals surface area contributed by atoms with E-state index in [4.69, 9.17) is 14.8 Å². The van der Waals surface area contributed by atoms with Crippen LogP contribution in [0, 0.1) is 13.8 Å². The van der Waals surface area contributed by atoms with Gasteiger partial charge in [-0.25, -0.2) is 9.67 Å². The highest BCUT2D eigenvalue weighted by molar-refractivity contribution is 5.87. The summed E-state index contributed by atoms with van der Waals surface area (Å²) in [5, 5.41) is 8.87. The van der Waals surface area contributed by atoms with Crippen LogP contribution in [0.4, 0.5) is 0 Å². The largest absolute Gasteiger partial charge is 0.494 e. The highest BCUT2D eigenvalue weighted by Crippen LogP contribution is 2.25. The number of aryl methyl sites for hydroxylation is 3. The van der Waals surface area contributed by atoms with Gasteiger partial charge in [-0.3, -0.25) is 4.79 Å². The van der Waals surface area contributed by atoms with Crippen molar-refractivity contribution in [3.63, 3.8) is 0 Å². The molecule has 32 heavy (non-hydrogen) atoms. The van der Waals surface area contributed by atoms with E-state index in [1.54, 1.807) is 0 Å². The maximum absolute atomic E-state index is 12.4. The van der Waals surface area contributed by atoms with E-state index >= 15 is 0 Å². The minimum Gasteiger partial charge on any atom is -0.494 e. The van der Waals surface area contributed by atoms with Crippen LogP contribution >= 0.6 is 0 Å². The first-order valence-corrected chi connectivity index (χ1v) is 11.0. The van der Waals surface area contributed by atoms with Crippen LogP contribution in [0.15, 0.2) is 54.9 Å². The van der Waals surface area contributed by atoms with Gasteiger partial charge in [0, 0.05) is 43.2 Å². The van der Waals surface area contributed by atoms with E-state index in [-0.39, 0.29) is 5.91 Å². The summed E-state index contributed by atoms with van der Waals surface area (Å²) in [6.07, 6.45) is 5.06. The standard InChI is InChI=1S/C25H29N5O2/c1-4-32-21-11-6-5-10-20(21)17-26-22(31)12-9-15-30-24-23(18(2)16-19(3)27-24)25(28-30)29-13-7-8-14-29/h5-8,10-11,13-14,16H,4,9,12,15,17H2,1-3H3,(H,26,31). The summed E-state index contributed by atoms with van der Waals surface area (Å²) in [7, 11) is 0. The monoisotopic (exact) mass is 431 g/mol. The van der Waals surface area contributed by atoms with Gasteiger partial charge in [0.2, 0.25) is 5.91 Å². The Labute approximate surface area is 188 Å². The molecular weight excluding hydrogens is 402 g/mol. The fourth-order valence-electron chi connectivity index (χ4n) is 3.92. The molecule has 7 heteroatoms. The summed E-state index contributed by atoms with van der Waals surface area (Å²) in [5.41, 5.74) is 3.94. The number of benzene rings is 1. The Balaban J connectivity index is 1.42. The molecule has 4 aromatic rings. The van der Waals surface area contributed by atoms with Crippen LogP contribution in [0.1, 0.15) is 36.6 Å². The van der Waals surface area contributed by atoms with E-state index in [0.29, 0.717) is 32.5 Å². The molecule has 3 aromatic heterocycles. The number of nitrogens with one attached hydrogen (secondary N) is 1. The Kier molecular flexibility index (Phi) is 6.54. The molecule has 0 saturated heterocycles. The molecule has 166 valence electrons. The predicted octanol–water partition coefficient (Wildman–Crippen LogP) is 4.33. The lowest BCUT2D eigenvalue weighted by Gasteiger charge is -2.11. The fraction of sp³-hybridized carbons (Fsp3) is 0.320. The van der Waals surface area contributed by atoms with Gasteiger partial charge in [0.15, 0.2) is 11.5 Å². The van der Waals surface area contributed by atoms with Crippen molar-refractivity contribution in [3.05, 3.63) is 71.7 Å². The van der Waals surface area contributed by atoms with E-state index in [2.05, 4.69) is 18.3 Å². The topological polar surface area (TPSA) is 74.0 Å². The van der Waals surface area contributed by atoms with Gasteiger partial charge in [0.1, 0.15) is 5.75 Å². The summed E-state index contributed by atoms with van der Waals surface area (Å²) in [4.78, 5) is 17.2. The van der Waals surface area contributed by atoms with Gasteiger partial charge >= 0.3 is 0 Å². The van der Waals surface area contributed by atoms with Gasteiger partial charge in [-0.1, -0.05) is 18.2 Å². The second kappa shape index (κ2) is 9.68. The zero-order valence-electron chi connectivity index (χ0n) is 18.8. The quantitative estimate of drug-likeness (QED) is 0.428. The van der Waals surface area contributed by atoms with Crippen LogP contribution in [0.3, 0.4) is 0 Å². The van der Waals surface area contributed by atoms with Gasteiger partial charge < -0.3 is 14.6 Å². The lowest BCUT2D eigenvalue weighted by Crippen LogP contribution is -2.23. The summed E-state index contributed by atoms with van der Waals surface area (Å²) < 4.78 is 9.55. The van der Waals surface area contributed by atoms with Crippen molar-refractivity contribution >= 4 is 16.9 Å². The van der Waals surface area contributed by atoms with Crippen molar-refractivity contribution in [1.29, 1.82) is 0 Å². The number of hydrogen-bond donors (Lipinski definition) is 1. The summed E-state index contributed by atoms with van der Waals surface area (Å²) in [5.74, 6) is 1.69. The zero-order valence-corrected chi connectivity index (χ0v) is 18.8.